The number of rotatable bonds is 6. The van der Waals surface area contributed by atoms with Crippen LogP contribution < -0.4 is 14.8 Å². The number of nitrogens with one attached hydrogen (secondary N) is 1. The van der Waals surface area contributed by atoms with Gasteiger partial charge in [-0.1, -0.05) is 41.9 Å². The van der Waals surface area contributed by atoms with Gasteiger partial charge in [-0.05, 0) is 56.7 Å². The van der Waals surface area contributed by atoms with E-state index >= 15 is 0 Å². The number of aromatic amines is 1. The molecule has 2 aromatic carbocycles. The highest BCUT2D eigenvalue weighted by Gasteiger charge is 2.29. The SMILES string of the molecule is CCOC(=O)c1c(C)[nH]c(C)c1C(=O)/C(C#N)=c1\s/c(=C/c2ccc(Cl)cc2)c(=O)n1-c1ccccc1. The maximum Gasteiger partial charge on any atom is 0.340 e. The van der Waals surface area contributed by atoms with Crippen molar-refractivity contribution in [2.75, 3.05) is 6.61 Å². The Labute approximate surface area is 221 Å². The normalized spacial score (nSPS) is 12.2. The van der Waals surface area contributed by atoms with Crippen LogP contribution in [0.3, 0.4) is 0 Å². The molecule has 4 aromatic rings. The van der Waals surface area contributed by atoms with Crippen molar-refractivity contribution in [1.82, 2.24) is 9.55 Å². The Morgan fingerprint density at radius 1 is 1.08 bits per heavy atom. The molecule has 0 amide bonds. The summed E-state index contributed by atoms with van der Waals surface area (Å²) < 4.78 is 6.99. The van der Waals surface area contributed by atoms with Crippen molar-refractivity contribution in [1.29, 1.82) is 5.26 Å². The number of nitriles is 1. The highest BCUT2D eigenvalue weighted by molar-refractivity contribution is 7.07. The number of benzene rings is 2. The van der Waals surface area contributed by atoms with E-state index in [2.05, 4.69) is 4.98 Å². The second-order valence-electron chi connectivity index (χ2n) is 8.10. The number of aromatic nitrogens is 2. The Morgan fingerprint density at radius 3 is 2.35 bits per heavy atom. The largest absolute Gasteiger partial charge is 0.462 e. The van der Waals surface area contributed by atoms with Crippen molar-refractivity contribution < 1.29 is 14.3 Å². The van der Waals surface area contributed by atoms with Crippen LogP contribution in [0.4, 0.5) is 0 Å². The van der Waals surface area contributed by atoms with E-state index in [0.717, 1.165) is 16.9 Å². The number of carbonyl (C=O) groups excluding carboxylic acids is 2. The fourth-order valence-electron chi connectivity index (χ4n) is 4.02. The number of nitrogens with zero attached hydrogens (tertiary/aromatic N) is 2. The number of ether oxygens (including phenoxy) is 1. The molecular formula is C28H22ClN3O4S. The van der Waals surface area contributed by atoms with Crippen LogP contribution in [0.5, 0.6) is 0 Å². The summed E-state index contributed by atoms with van der Waals surface area (Å²) in [7, 11) is 0. The highest BCUT2D eigenvalue weighted by Crippen LogP contribution is 2.23. The first kappa shape index (κ1) is 25.9. The molecule has 0 unspecified atom stereocenters. The van der Waals surface area contributed by atoms with Gasteiger partial charge < -0.3 is 9.72 Å². The van der Waals surface area contributed by atoms with E-state index < -0.39 is 11.8 Å². The maximum absolute atomic E-state index is 13.8. The Balaban J connectivity index is 2.05. The lowest BCUT2D eigenvalue weighted by atomic mass is 10.00. The lowest BCUT2D eigenvalue weighted by molar-refractivity contribution is 0.0523. The van der Waals surface area contributed by atoms with Crippen LogP contribution in [0, 0.1) is 25.2 Å². The first-order valence-corrected chi connectivity index (χ1v) is 12.6. The van der Waals surface area contributed by atoms with Crippen molar-refractivity contribution in [2.45, 2.75) is 20.8 Å². The van der Waals surface area contributed by atoms with Crippen LogP contribution in [-0.4, -0.2) is 27.9 Å². The molecule has 0 spiro atoms. The zero-order valence-electron chi connectivity index (χ0n) is 20.3. The molecule has 7 nitrogen and oxygen atoms in total. The molecule has 2 heterocycles. The Hall–Kier alpha value is -4.19. The molecule has 0 aliphatic heterocycles. The smallest absolute Gasteiger partial charge is 0.340 e. The number of H-pyrrole nitrogens is 1. The molecule has 0 aliphatic rings. The maximum atomic E-state index is 13.8. The molecule has 186 valence electrons. The van der Waals surface area contributed by atoms with Gasteiger partial charge in [0.05, 0.1) is 28.0 Å². The zero-order valence-corrected chi connectivity index (χ0v) is 21.9. The van der Waals surface area contributed by atoms with Gasteiger partial charge in [0.1, 0.15) is 16.3 Å². The van der Waals surface area contributed by atoms with Gasteiger partial charge in [-0.2, -0.15) is 5.26 Å². The number of aryl methyl sites for hydroxylation is 2. The third-order valence-corrected chi connectivity index (χ3v) is 6.98. The molecule has 2 aromatic heterocycles. The van der Waals surface area contributed by atoms with Crippen LogP contribution in [0.25, 0.3) is 17.3 Å². The quantitative estimate of drug-likeness (QED) is 0.298. The van der Waals surface area contributed by atoms with Gasteiger partial charge in [0.2, 0.25) is 5.78 Å². The van der Waals surface area contributed by atoms with E-state index in [-0.39, 0.29) is 33.5 Å². The number of para-hydroxylation sites is 1. The van der Waals surface area contributed by atoms with E-state index in [9.17, 15) is 19.6 Å². The van der Waals surface area contributed by atoms with Gasteiger partial charge in [-0.3, -0.25) is 14.2 Å². The van der Waals surface area contributed by atoms with Crippen molar-refractivity contribution in [3.8, 4) is 11.8 Å². The first-order valence-electron chi connectivity index (χ1n) is 11.4. The number of esters is 1. The number of carbonyl (C=O) groups is 2. The minimum Gasteiger partial charge on any atom is -0.462 e. The highest BCUT2D eigenvalue weighted by atomic mass is 35.5. The van der Waals surface area contributed by atoms with Crippen molar-refractivity contribution in [3.63, 3.8) is 0 Å². The summed E-state index contributed by atoms with van der Waals surface area (Å²) in [6.45, 7) is 5.11. The lowest BCUT2D eigenvalue weighted by Gasteiger charge is -2.06. The fourth-order valence-corrected chi connectivity index (χ4v) is 5.24. The average Bonchev–Trinajstić information content (AvgIpc) is 3.36. The van der Waals surface area contributed by atoms with Crippen molar-refractivity contribution in [3.05, 3.63) is 107 Å². The molecule has 0 fully saturated rings. The first-order chi connectivity index (χ1) is 17.8. The van der Waals surface area contributed by atoms with E-state index in [4.69, 9.17) is 16.3 Å². The number of hydrogen-bond acceptors (Lipinski definition) is 6. The summed E-state index contributed by atoms with van der Waals surface area (Å²) in [5, 5.41) is 10.7. The Morgan fingerprint density at radius 2 is 1.73 bits per heavy atom. The standard InChI is InChI=1S/C28H22ClN3O4S/c1-4-36-28(35)24-17(3)31-16(2)23(24)25(33)21(15-30)27-32(20-8-6-5-7-9-20)26(34)22(37-27)14-18-10-12-19(29)13-11-18/h5-14,31H,4H2,1-3H3/b22-14+,27-21-. The Bertz CT molecular complexity index is 1720. The van der Waals surface area contributed by atoms with Gasteiger partial charge in [0, 0.05) is 16.4 Å². The van der Waals surface area contributed by atoms with Crippen LogP contribution in [0.2, 0.25) is 5.02 Å². The summed E-state index contributed by atoms with van der Waals surface area (Å²) in [6, 6.07) is 17.7. The molecule has 0 saturated heterocycles. The summed E-state index contributed by atoms with van der Waals surface area (Å²) in [4.78, 5) is 43.1. The second kappa shape index (κ2) is 10.8. The topological polar surface area (TPSA) is 105 Å². The molecule has 0 atom stereocenters. The van der Waals surface area contributed by atoms with Gasteiger partial charge >= 0.3 is 5.97 Å². The summed E-state index contributed by atoms with van der Waals surface area (Å²) in [5.74, 6) is -1.33. The van der Waals surface area contributed by atoms with Gasteiger partial charge in [0.25, 0.3) is 5.56 Å². The molecular weight excluding hydrogens is 510 g/mol. The number of ketones is 1. The number of thiazole rings is 1. The lowest BCUT2D eigenvalue weighted by Crippen LogP contribution is -2.31. The van der Waals surface area contributed by atoms with Crippen LogP contribution in [-0.2, 0) is 4.74 Å². The molecule has 0 bridgehead atoms. The number of hydrogen-bond donors (Lipinski definition) is 1. The molecule has 1 N–H and O–H groups in total. The summed E-state index contributed by atoms with van der Waals surface area (Å²) >= 11 is 7.02. The monoisotopic (exact) mass is 531 g/mol. The van der Waals surface area contributed by atoms with E-state index in [0.29, 0.717) is 26.6 Å². The van der Waals surface area contributed by atoms with Crippen LogP contribution >= 0.6 is 22.9 Å². The van der Waals surface area contributed by atoms with Crippen LogP contribution in [0.1, 0.15) is 44.6 Å². The van der Waals surface area contributed by atoms with Gasteiger partial charge in [0.15, 0.2) is 0 Å². The predicted molar refractivity (Wildman–Crippen MR) is 144 cm³/mol. The second-order valence-corrected chi connectivity index (χ2v) is 9.57. The van der Waals surface area contributed by atoms with E-state index in [1.54, 1.807) is 81.4 Å². The van der Waals surface area contributed by atoms with Crippen molar-refractivity contribution >= 4 is 46.3 Å². The summed E-state index contributed by atoms with van der Waals surface area (Å²) in [5.41, 5.74) is 1.62. The minimum atomic E-state index is -0.670. The molecule has 0 aliphatic carbocycles. The summed E-state index contributed by atoms with van der Waals surface area (Å²) in [6.07, 6.45) is 1.68. The third kappa shape index (κ3) is 5.05. The predicted octanol–water partition coefficient (Wildman–Crippen LogP) is 4.06. The number of halogens is 1. The molecule has 0 radical (unpaired) electrons. The van der Waals surface area contributed by atoms with Gasteiger partial charge in [-0.15, -0.1) is 11.3 Å². The van der Waals surface area contributed by atoms with E-state index in [1.807, 2.05) is 6.07 Å². The molecule has 0 saturated carbocycles. The minimum absolute atomic E-state index is 0.0520. The van der Waals surface area contributed by atoms with E-state index in [1.165, 1.54) is 4.57 Å². The average molecular weight is 532 g/mol. The molecule has 37 heavy (non-hydrogen) atoms. The van der Waals surface area contributed by atoms with Gasteiger partial charge in [-0.25, -0.2) is 4.79 Å². The van der Waals surface area contributed by atoms with Crippen LogP contribution in [0.15, 0.2) is 59.4 Å². The fraction of sp³-hybridized carbons (Fsp3) is 0.143. The molecule has 4 rings (SSSR count). The Kier molecular flexibility index (Phi) is 7.58. The zero-order chi connectivity index (χ0) is 26.7. The van der Waals surface area contributed by atoms with Crippen molar-refractivity contribution in [2.24, 2.45) is 0 Å². The third-order valence-electron chi connectivity index (χ3n) is 5.64. The number of Topliss-reactive ketones (excluding diaryl/α,β-unsaturated/α-hetero) is 1. The molecule has 9 heteroatoms.